The number of halogens is 1. The SMILES string of the molecule is CC1CC=CC(C(N)=O)=C1c1c(Cl)ccc2c1C[C@@](CN)(c1ccccc1)O2. The second-order valence-electron chi connectivity index (χ2n) is 7.47. The fraction of sp³-hybridized carbons (Fsp3) is 0.261. The topological polar surface area (TPSA) is 78.3 Å². The van der Waals surface area contributed by atoms with Gasteiger partial charge in [-0.05, 0) is 35.6 Å². The normalized spacial score (nSPS) is 23.5. The summed E-state index contributed by atoms with van der Waals surface area (Å²) in [6.45, 7) is 2.42. The molecule has 144 valence electrons. The van der Waals surface area contributed by atoms with E-state index in [1.807, 2.05) is 48.5 Å². The minimum absolute atomic E-state index is 0.126. The van der Waals surface area contributed by atoms with Crippen LogP contribution in [0, 0.1) is 5.92 Å². The van der Waals surface area contributed by atoms with Crippen LogP contribution in [0.1, 0.15) is 30.0 Å². The van der Waals surface area contributed by atoms with Gasteiger partial charge in [0, 0.05) is 34.7 Å². The molecule has 0 saturated heterocycles. The number of hydrogen-bond acceptors (Lipinski definition) is 3. The van der Waals surface area contributed by atoms with Crippen LogP contribution in [0.3, 0.4) is 0 Å². The molecule has 4 rings (SSSR count). The molecule has 1 heterocycles. The third-order valence-electron chi connectivity index (χ3n) is 5.71. The van der Waals surface area contributed by atoms with Gasteiger partial charge in [0.2, 0.25) is 5.91 Å². The Morgan fingerprint density at radius 1 is 1.25 bits per heavy atom. The number of hydrogen-bond donors (Lipinski definition) is 2. The van der Waals surface area contributed by atoms with E-state index in [-0.39, 0.29) is 5.92 Å². The van der Waals surface area contributed by atoms with Crippen LogP contribution < -0.4 is 16.2 Å². The molecule has 4 N–H and O–H groups in total. The van der Waals surface area contributed by atoms with Crippen LogP contribution in [0.4, 0.5) is 0 Å². The first-order valence-corrected chi connectivity index (χ1v) is 9.81. The molecule has 2 aliphatic rings. The summed E-state index contributed by atoms with van der Waals surface area (Å²) < 4.78 is 6.41. The van der Waals surface area contributed by atoms with Gasteiger partial charge in [-0.1, -0.05) is 61.0 Å². The molecular weight excluding hydrogens is 372 g/mol. The summed E-state index contributed by atoms with van der Waals surface area (Å²) in [5, 5.41) is 0.596. The lowest BCUT2D eigenvalue weighted by atomic mass is 9.79. The molecule has 0 fully saturated rings. The number of nitrogens with two attached hydrogens (primary N) is 2. The van der Waals surface area contributed by atoms with E-state index in [1.54, 1.807) is 6.08 Å². The largest absolute Gasteiger partial charge is 0.481 e. The van der Waals surface area contributed by atoms with E-state index in [0.29, 0.717) is 23.6 Å². The molecule has 1 aliphatic carbocycles. The number of primary amides is 1. The van der Waals surface area contributed by atoms with Gasteiger partial charge in [-0.3, -0.25) is 4.79 Å². The summed E-state index contributed by atoms with van der Waals surface area (Å²) in [5.41, 5.74) is 15.5. The Kier molecular flexibility index (Phi) is 4.77. The van der Waals surface area contributed by atoms with Crippen molar-refractivity contribution in [3.05, 3.63) is 81.9 Å². The van der Waals surface area contributed by atoms with Gasteiger partial charge in [-0.2, -0.15) is 0 Å². The summed E-state index contributed by atoms with van der Waals surface area (Å²) in [7, 11) is 0. The molecule has 1 amide bonds. The van der Waals surface area contributed by atoms with Crippen molar-refractivity contribution in [2.24, 2.45) is 17.4 Å². The quantitative estimate of drug-likeness (QED) is 0.823. The van der Waals surface area contributed by atoms with Crippen LogP contribution in [0.25, 0.3) is 5.57 Å². The number of carbonyl (C=O) groups is 1. The number of fused-ring (bicyclic) bond motifs is 1. The molecule has 5 heteroatoms. The fourth-order valence-electron chi connectivity index (χ4n) is 4.29. The summed E-state index contributed by atoms with van der Waals surface area (Å²) in [6.07, 6.45) is 5.20. The fourth-order valence-corrected chi connectivity index (χ4v) is 4.57. The first-order chi connectivity index (χ1) is 13.5. The first-order valence-electron chi connectivity index (χ1n) is 9.43. The zero-order valence-electron chi connectivity index (χ0n) is 15.7. The van der Waals surface area contributed by atoms with Crippen LogP contribution in [0.2, 0.25) is 5.02 Å². The van der Waals surface area contributed by atoms with Crippen molar-refractivity contribution in [2.45, 2.75) is 25.4 Å². The molecule has 0 bridgehead atoms. The van der Waals surface area contributed by atoms with E-state index in [4.69, 9.17) is 27.8 Å². The lowest BCUT2D eigenvalue weighted by Crippen LogP contribution is -2.39. The summed E-state index contributed by atoms with van der Waals surface area (Å²) in [5.74, 6) is 0.436. The van der Waals surface area contributed by atoms with Crippen molar-refractivity contribution >= 4 is 23.1 Å². The molecule has 0 saturated carbocycles. The van der Waals surface area contributed by atoms with Crippen molar-refractivity contribution in [2.75, 3.05) is 6.54 Å². The molecule has 0 spiro atoms. The molecule has 1 aliphatic heterocycles. The van der Waals surface area contributed by atoms with Gasteiger partial charge in [0.1, 0.15) is 5.75 Å². The highest BCUT2D eigenvalue weighted by Gasteiger charge is 2.42. The summed E-state index contributed by atoms with van der Waals surface area (Å²) >= 11 is 6.66. The Hall–Kier alpha value is -2.56. The summed E-state index contributed by atoms with van der Waals surface area (Å²) in [4.78, 5) is 12.1. The van der Waals surface area contributed by atoms with Crippen molar-refractivity contribution in [3.63, 3.8) is 0 Å². The van der Waals surface area contributed by atoms with E-state index in [1.165, 1.54) is 0 Å². The van der Waals surface area contributed by atoms with Crippen molar-refractivity contribution < 1.29 is 9.53 Å². The monoisotopic (exact) mass is 394 g/mol. The molecule has 28 heavy (non-hydrogen) atoms. The predicted octanol–water partition coefficient (Wildman–Crippen LogP) is 3.96. The third-order valence-corrected chi connectivity index (χ3v) is 6.02. The number of rotatable bonds is 4. The van der Waals surface area contributed by atoms with E-state index >= 15 is 0 Å². The van der Waals surface area contributed by atoms with Gasteiger partial charge >= 0.3 is 0 Å². The average Bonchev–Trinajstić information content (AvgIpc) is 3.09. The molecule has 2 aromatic rings. The number of carbonyl (C=O) groups excluding carboxylic acids is 1. The van der Waals surface area contributed by atoms with Gasteiger partial charge in [-0.25, -0.2) is 0 Å². The van der Waals surface area contributed by atoms with E-state index < -0.39 is 11.5 Å². The zero-order valence-corrected chi connectivity index (χ0v) is 16.5. The first kappa shape index (κ1) is 18.8. The molecule has 1 unspecified atom stereocenters. The number of benzene rings is 2. The Labute approximate surface area is 169 Å². The average molecular weight is 395 g/mol. The molecule has 0 aromatic heterocycles. The molecule has 2 atom stereocenters. The summed E-state index contributed by atoms with van der Waals surface area (Å²) in [6, 6.07) is 13.7. The van der Waals surface area contributed by atoms with Crippen LogP contribution in [0.15, 0.2) is 60.2 Å². The minimum Gasteiger partial charge on any atom is -0.481 e. The maximum atomic E-state index is 12.1. The minimum atomic E-state index is -0.649. The van der Waals surface area contributed by atoms with Gasteiger partial charge < -0.3 is 16.2 Å². The van der Waals surface area contributed by atoms with Crippen molar-refractivity contribution in [3.8, 4) is 5.75 Å². The van der Waals surface area contributed by atoms with E-state index in [2.05, 4.69) is 6.92 Å². The second-order valence-corrected chi connectivity index (χ2v) is 7.88. The number of ether oxygens (including phenoxy) is 1. The Balaban J connectivity index is 1.91. The number of amides is 1. The van der Waals surface area contributed by atoms with Crippen molar-refractivity contribution in [1.82, 2.24) is 0 Å². The molecular formula is C23H23ClN2O2. The van der Waals surface area contributed by atoms with Gasteiger partial charge in [0.05, 0.1) is 0 Å². The third kappa shape index (κ3) is 2.93. The Morgan fingerprint density at radius 3 is 2.68 bits per heavy atom. The van der Waals surface area contributed by atoms with Gasteiger partial charge in [0.15, 0.2) is 5.60 Å². The Bertz CT molecular complexity index is 997. The van der Waals surface area contributed by atoms with Crippen LogP contribution >= 0.6 is 11.6 Å². The van der Waals surface area contributed by atoms with Gasteiger partial charge in [-0.15, -0.1) is 0 Å². The van der Waals surface area contributed by atoms with Crippen molar-refractivity contribution in [1.29, 1.82) is 0 Å². The van der Waals surface area contributed by atoms with Crippen LogP contribution in [0.5, 0.6) is 5.75 Å². The lowest BCUT2D eigenvalue weighted by Gasteiger charge is -2.28. The Morgan fingerprint density at radius 2 is 2.00 bits per heavy atom. The number of allylic oxidation sites excluding steroid dienone is 2. The molecule has 4 nitrogen and oxygen atoms in total. The maximum Gasteiger partial charge on any atom is 0.248 e. The highest BCUT2D eigenvalue weighted by Crippen LogP contribution is 2.48. The van der Waals surface area contributed by atoms with E-state index in [0.717, 1.165) is 34.4 Å². The van der Waals surface area contributed by atoms with Gasteiger partial charge in [0.25, 0.3) is 0 Å². The smallest absolute Gasteiger partial charge is 0.248 e. The maximum absolute atomic E-state index is 12.1. The molecule has 2 aromatic carbocycles. The predicted molar refractivity (Wildman–Crippen MR) is 112 cm³/mol. The van der Waals surface area contributed by atoms with E-state index in [9.17, 15) is 4.79 Å². The highest BCUT2D eigenvalue weighted by atomic mass is 35.5. The molecule has 0 radical (unpaired) electrons. The standard InChI is InChI=1S/C23H23ClN2O2/c1-14-6-5-9-16(22(26)27)20(14)21-17-12-23(13-25,15-7-3-2-4-8-15)28-19(17)11-10-18(21)24/h2-5,7-11,14H,6,12-13,25H2,1H3,(H2,26,27)/t14?,23-/m1/s1. The van der Waals surface area contributed by atoms with Crippen LogP contribution in [-0.4, -0.2) is 12.5 Å². The lowest BCUT2D eigenvalue weighted by molar-refractivity contribution is -0.114. The zero-order chi connectivity index (χ0) is 19.9. The second kappa shape index (κ2) is 7.12. The van der Waals surface area contributed by atoms with Crippen LogP contribution in [-0.2, 0) is 16.8 Å². The highest BCUT2D eigenvalue weighted by molar-refractivity contribution is 6.33.